The average molecular weight is 313 g/mol. The Hall–Kier alpha value is -2.23. The molecule has 6 heteroatoms. The zero-order valence-corrected chi connectivity index (χ0v) is 12.7. The van der Waals surface area contributed by atoms with Crippen molar-refractivity contribution in [3.63, 3.8) is 0 Å². The number of nitriles is 1. The molecule has 0 aliphatic carbocycles. The highest BCUT2D eigenvalue weighted by molar-refractivity contribution is 7.89. The summed E-state index contributed by atoms with van der Waals surface area (Å²) in [7, 11) is -3.70. The highest BCUT2D eigenvalue weighted by atomic mass is 32.2. The molecule has 0 saturated carbocycles. The summed E-state index contributed by atoms with van der Waals surface area (Å²) in [6.45, 7) is 0.460. The number of hydrogen-bond donors (Lipinski definition) is 0. The zero-order valence-electron chi connectivity index (χ0n) is 11.9. The molecule has 112 valence electrons. The second kappa shape index (κ2) is 5.87. The Morgan fingerprint density at radius 3 is 2.77 bits per heavy atom. The molecule has 1 unspecified atom stereocenters. The largest absolute Gasteiger partial charge is 0.264 e. The maximum Gasteiger partial charge on any atom is 0.244 e. The Balaban J connectivity index is 2.04. The Labute approximate surface area is 129 Å². The first-order chi connectivity index (χ1) is 10.6. The molecule has 0 amide bonds. The molecule has 3 rings (SSSR count). The minimum absolute atomic E-state index is 0.0771. The van der Waals surface area contributed by atoms with E-state index in [1.807, 2.05) is 18.2 Å². The lowest BCUT2D eigenvalue weighted by Crippen LogP contribution is -2.31. The van der Waals surface area contributed by atoms with E-state index in [4.69, 9.17) is 5.26 Å². The standard InChI is InChI=1S/C16H15N3O2S/c17-11-13-5-1-2-8-16(13)22(20,21)19-10-4-7-15(19)14-6-3-9-18-12-14/h1-3,5-6,8-9,12,15H,4,7,10H2. The first kappa shape index (κ1) is 14.7. The molecule has 1 atom stereocenters. The fourth-order valence-electron chi connectivity index (χ4n) is 2.84. The Morgan fingerprint density at radius 2 is 2.05 bits per heavy atom. The number of hydrogen-bond acceptors (Lipinski definition) is 4. The van der Waals surface area contributed by atoms with E-state index in [0.29, 0.717) is 6.54 Å². The smallest absolute Gasteiger partial charge is 0.244 e. The maximum absolute atomic E-state index is 13.0. The van der Waals surface area contributed by atoms with Crippen molar-refractivity contribution in [1.82, 2.24) is 9.29 Å². The van der Waals surface area contributed by atoms with Gasteiger partial charge in [0, 0.05) is 18.9 Å². The zero-order chi connectivity index (χ0) is 15.6. The minimum atomic E-state index is -3.70. The fourth-order valence-corrected chi connectivity index (χ4v) is 4.67. The van der Waals surface area contributed by atoms with Gasteiger partial charge in [-0.05, 0) is 36.6 Å². The van der Waals surface area contributed by atoms with Crippen molar-refractivity contribution in [2.75, 3.05) is 6.54 Å². The van der Waals surface area contributed by atoms with E-state index >= 15 is 0 Å². The van der Waals surface area contributed by atoms with E-state index in [1.54, 1.807) is 24.5 Å². The van der Waals surface area contributed by atoms with E-state index in [1.165, 1.54) is 16.4 Å². The van der Waals surface area contributed by atoms with Crippen molar-refractivity contribution < 1.29 is 8.42 Å². The van der Waals surface area contributed by atoms with Crippen LogP contribution < -0.4 is 0 Å². The molecular weight excluding hydrogens is 298 g/mol. The molecule has 1 aliphatic heterocycles. The molecular formula is C16H15N3O2S. The molecule has 5 nitrogen and oxygen atoms in total. The molecule has 1 aromatic heterocycles. The molecule has 2 heterocycles. The van der Waals surface area contributed by atoms with Crippen LogP contribution in [0.4, 0.5) is 0 Å². The SMILES string of the molecule is N#Cc1ccccc1S(=O)(=O)N1CCCC1c1cccnc1. The Kier molecular flexibility index (Phi) is 3.92. The van der Waals surface area contributed by atoms with Gasteiger partial charge >= 0.3 is 0 Å². The van der Waals surface area contributed by atoms with Crippen LogP contribution in [0.15, 0.2) is 53.7 Å². The van der Waals surface area contributed by atoms with Gasteiger partial charge in [-0.25, -0.2) is 8.42 Å². The van der Waals surface area contributed by atoms with Crippen LogP contribution in [0.1, 0.15) is 30.0 Å². The van der Waals surface area contributed by atoms with Gasteiger partial charge in [-0.3, -0.25) is 4.98 Å². The van der Waals surface area contributed by atoms with Crippen LogP contribution in [0.2, 0.25) is 0 Å². The van der Waals surface area contributed by atoms with Crippen LogP contribution in [-0.4, -0.2) is 24.3 Å². The van der Waals surface area contributed by atoms with Crippen LogP contribution in [0.3, 0.4) is 0 Å². The summed E-state index contributed by atoms with van der Waals surface area (Å²) in [6, 6.07) is 11.8. The summed E-state index contributed by atoms with van der Waals surface area (Å²) in [4.78, 5) is 4.16. The topological polar surface area (TPSA) is 74.1 Å². The summed E-state index contributed by atoms with van der Waals surface area (Å²) in [5, 5.41) is 9.16. The first-order valence-corrected chi connectivity index (χ1v) is 8.49. The Bertz CT molecular complexity index is 813. The van der Waals surface area contributed by atoms with Gasteiger partial charge in [0.25, 0.3) is 0 Å². The number of benzene rings is 1. The predicted octanol–water partition coefficient (Wildman–Crippen LogP) is 2.48. The van der Waals surface area contributed by atoms with E-state index < -0.39 is 10.0 Å². The van der Waals surface area contributed by atoms with Crippen molar-refractivity contribution in [3.05, 3.63) is 59.9 Å². The van der Waals surface area contributed by atoms with Gasteiger partial charge in [0.15, 0.2) is 0 Å². The summed E-state index contributed by atoms with van der Waals surface area (Å²) in [6.07, 6.45) is 4.93. The van der Waals surface area contributed by atoms with Crippen LogP contribution in [0.5, 0.6) is 0 Å². The lowest BCUT2D eigenvalue weighted by Gasteiger charge is -2.24. The minimum Gasteiger partial charge on any atom is -0.264 e. The molecule has 0 radical (unpaired) electrons. The molecule has 0 N–H and O–H groups in total. The van der Waals surface area contributed by atoms with Crippen molar-refractivity contribution in [2.24, 2.45) is 0 Å². The van der Waals surface area contributed by atoms with E-state index in [2.05, 4.69) is 4.98 Å². The third kappa shape index (κ3) is 2.49. The van der Waals surface area contributed by atoms with Crippen molar-refractivity contribution in [2.45, 2.75) is 23.8 Å². The fraction of sp³-hybridized carbons (Fsp3) is 0.250. The highest BCUT2D eigenvalue weighted by Gasteiger charge is 2.37. The summed E-state index contributed by atoms with van der Waals surface area (Å²) in [5.41, 5.74) is 1.07. The first-order valence-electron chi connectivity index (χ1n) is 7.05. The maximum atomic E-state index is 13.0. The lowest BCUT2D eigenvalue weighted by molar-refractivity contribution is 0.396. The molecule has 1 fully saturated rings. The van der Waals surface area contributed by atoms with Gasteiger partial charge in [0.2, 0.25) is 10.0 Å². The van der Waals surface area contributed by atoms with Gasteiger partial charge < -0.3 is 0 Å². The van der Waals surface area contributed by atoms with Gasteiger partial charge in [0.05, 0.1) is 16.5 Å². The monoisotopic (exact) mass is 313 g/mol. The van der Waals surface area contributed by atoms with Gasteiger partial charge in [-0.15, -0.1) is 0 Å². The van der Waals surface area contributed by atoms with E-state index in [0.717, 1.165) is 18.4 Å². The molecule has 1 aliphatic rings. The Morgan fingerprint density at radius 1 is 1.23 bits per heavy atom. The van der Waals surface area contributed by atoms with Gasteiger partial charge in [-0.1, -0.05) is 18.2 Å². The van der Waals surface area contributed by atoms with Gasteiger partial charge in [0.1, 0.15) is 6.07 Å². The number of nitrogens with zero attached hydrogens (tertiary/aromatic N) is 3. The number of sulfonamides is 1. The van der Waals surface area contributed by atoms with Crippen molar-refractivity contribution >= 4 is 10.0 Å². The number of aromatic nitrogens is 1. The van der Waals surface area contributed by atoms with Crippen molar-refractivity contribution in [3.8, 4) is 6.07 Å². The molecule has 1 saturated heterocycles. The van der Waals surface area contributed by atoms with Crippen LogP contribution in [0.25, 0.3) is 0 Å². The average Bonchev–Trinajstić information content (AvgIpc) is 3.06. The molecule has 22 heavy (non-hydrogen) atoms. The van der Waals surface area contributed by atoms with Gasteiger partial charge in [-0.2, -0.15) is 9.57 Å². The summed E-state index contributed by atoms with van der Waals surface area (Å²) < 4.78 is 27.4. The predicted molar refractivity (Wildman–Crippen MR) is 81.3 cm³/mol. The van der Waals surface area contributed by atoms with Crippen LogP contribution in [0, 0.1) is 11.3 Å². The molecule has 0 bridgehead atoms. The normalized spacial score (nSPS) is 19.0. The van der Waals surface area contributed by atoms with Crippen molar-refractivity contribution in [1.29, 1.82) is 5.26 Å². The molecule has 2 aromatic rings. The number of rotatable bonds is 3. The highest BCUT2D eigenvalue weighted by Crippen LogP contribution is 2.36. The number of pyridine rings is 1. The van der Waals surface area contributed by atoms with Crippen LogP contribution in [-0.2, 0) is 10.0 Å². The third-order valence-corrected chi connectivity index (χ3v) is 5.83. The molecule has 1 aromatic carbocycles. The quantitative estimate of drug-likeness (QED) is 0.872. The van der Waals surface area contributed by atoms with E-state index in [-0.39, 0.29) is 16.5 Å². The van der Waals surface area contributed by atoms with E-state index in [9.17, 15) is 8.42 Å². The summed E-state index contributed by atoms with van der Waals surface area (Å²) >= 11 is 0. The second-order valence-electron chi connectivity index (χ2n) is 5.17. The second-order valence-corrected chi connectivity index (χ2v) is 7.03. The lowest BCUT2D eigenvalue weighted by atomic mass is 10.1. The summed E-state index contributed by atoms with van der Waals surface area (Å²) in [5.74, 6) is 0. The third-order valence-electron chi connectivity index (χ3n) is 3.87. The molecule has 0 spiro atoms. The van der Waals surface area contributed by atoms with Crippen LogP contribution >= 0.6 is 0 Å².